The maximum Gasteiger partial charge on any atom is 0.354 e. The highest BCUT2D eigenvalue weighted by Gasteiger charge is 2.13. The van der Waals surface area contributed by atoms with Gasteiger partial charge in [-0.05, 0) is 23.8 Å². The number of rotatable bonds is 7. The van der Waals surface area contributed by atoms with E-state index in [9.17, 15) is 9.59 Å². The minimum Gasteiger partial charge on any atom is -0.487 e. The smallest absolute Gasteiger partial charge is 0.354 e. The van der Waals surface area contributed by atoms with Gasteiger partial charge in [0.2, 0.25) is 5.91 Å². The summed E-state index contributed by atoms with van der Waals surface area (Å²) in [6, 6.07) is 14.1. The van der Waals surface area contributed by atoms with Crippen molar-refractivity contribution in [2.75, 3.05) is 13.2 Å². The monoisotopic (exact) mass is 393 g/mol. The Morgan fingerprint density at radius 3 is 2.27 bits per heavy atom. The summed E-state index contributed by atoms with van der Waals surface area (Å²) in [4.78, 5) is 23.5. The lowest BCUT2D eigenvalue weighted by atomic mass is 10.2. The van der Waals surface area contributed by atoms with Crippen LogP contribution in [0.5, 0.6) is 5.75 Å². The Bertz CT molecular complexity index is 786. The van der Waals surface area contributed by atoms with E-state index in [-0.39, 0.29) is 24.8 Å². The lowest BCUT2D eigenvalue weighted by Gasteiger charge is -2.11. The van der Waals surface area contributed by atoms with Gasteiger partial charge in [0.25, 0.3) is 0 Å². The maximum atomic E-state index is 12.2. The normalized spacial score (nSPS) is 11.0. The van der Waals surface area contributed by atoms with Crippen LogP contribution in [0.15, 0.2) is 54.2 Å². The van der Waals surface area contributed by atoms with Crippen molar-refractivity contribution in [2.45, 2.75) is 6.92 Å². The minimum absolute atomic E-state index is 0.0356. The second-order valence-corrected chi connectivity index (χ2v) is 6.00. The van der Waals surface area contributed by atoms with Gasteiger partial charge in [0.15, 0.2) is 5.75 Å². The van der Waals surface area contributed by atoms with Crippen molar-refractivity contribution in [1.29, 1.82) is 0 Å². The van der Waals surface area contributed by atoms with Crippen LogP contribution < -0.4 is 10.1 Å². The van der Waals surface area contributed by atoms with Crippen LogP contribution >= 0.6 is 23.2 Å². The van der Waals surface area contributed by atoms with E-state index in [4.69, 9.17) is 32.7 Å². The largest absolute Gasteiger partial charge is 0.487 e. The van der Waals surface area contributed by atoms with Gasteiger partial charge in [-0.3, -0.25) is 4.79 Å². The Balaban J connectivity index is 1.95. The first kappa shape index (κ1) is 19.8. The van der Waals surface area contributed by atoms with Crippen LogP contribution in [0.1, 0.15) is 12.5 Å². The number of benzene rings is 2. The molecule has 2 aromatic rings. The lowest BCUT2D eigenvalue weighted by molar-refractivity contribution is -0.141. The third-order valence-corrected chi connectivity index (χ3v) is 3.72. The number of hydrogen-bond donors (Lipinski definition) is 1. The number of ether oxygens (including phenoxy) is 2. The third-order valence-electron chi connectivity index (χ3n) is 3.12. The van der Waals surface area contributed by atoms with E-state index >= 15 is 0 Å². The molecule has 0 aliphatic carbocycles. The van der Waals surface area contributed by atoms with Crippen LogP contribution in [0.3, 0.4) is 0 Å². The molecule has 0 saturated carbocycles. The van der Waals surface area contributed by atoms with Gasteiger partial charge < -0.3 is 14.8 Å². The van der Waals surface area contributed by atoms with Gasteiger partial charge in [0.05, 0.1) is 10.0 Å². The molecular weight excluding hydrogens is 377 g/mol. The van der Waals surface area contributed by atoms with Crippen LogP contribution in [-0.4, -0.2) is 25.1 Å². The average Bonchev–Trinajstić information content (AvgIpc) is 2.60. The number of para-hydroxylation sites is 1. The van der Waals surface area contributed by atoms with Gasteiger partial charge in [-0.25, -0.2) is 4.79 Å². The van der Waals surface area contributed by atoms with E-state index in [2.05, 4.69) is 5.32 Å². The Hall–Kier alpha value is -2.50. The van der Waals surface area contributed by atoms with Crippen molar-refractivity contribution in [3.05, 3.63) is 69.8 Å². The zero-order valence-corrected chi connectivity index (χ0v) is 15.5. The van der Waals surface area contributed by atoms with E-state index in [1.807, 2.05) is 18.2 Å². The number of carbonyl (C=O) groups excluding carboxylic acids is 2. The molecule has 0 aromatic heterocycles. The predicted molar refractivity (Wildman–Crippen MR) is 101 cm³/mol. The van der Waals surface area contributed by atoms with E-state index in [1.165, 1.54) is 13.0 Å². The predicted octanol–water partition coefficient (Wildman–Crippen LogP) is 4.09. The summed E-state index contributed by atoms with van der Waals surface area (Å²) in [7, 11) is 0. The summed E-state index contributed by atoms with van der Waals surface area (Å²) in [5.74, 6) is -0.713. The first-order valence-electron chi connectivity index (χ1n) is 7.75. The fourth-order valence-electron chi connectivity index (χ4n) is 2.03. The molecule has 5 nitrogen and oxygen atoms in total. The van der Waals surface area contributed by atoms with Crippen molar-refractivity contribution in [2.24, 2.45) is 0 Å². The molecule has 1 amide bonds. The van der Waals surface area contributed by atoms with E-state index < -0.39 is 5.97 Å². The Labute approximate surface area is 161 Å². The fourth-order valence-corrected chi connectivity index (χ4v) is 2.53. The molecule has 0 unspecified atom stereocenters. The minimum atomic E-state index is -0.669. The third kappa shape index (κ3) is 6.10. The molecule has 2 rings (SSSR count). The number of carbonyl (C=O) groups is 2. The molecule has 0 fully saturated rings. The number of nitrogens with one attached hydrogen (secondary N) is 1. The van der Waals surface area contributed by atoms with Gasteiger partial charge >= 0.3 is 5.97 Å². The molecule has 1 N–H and O–H groups in total. The molecule has 2 aromatic carbocycles. The number of esters is 1. The molecule has 0 heterocycles. The quantitative estimate of drug-likeness (QED) is 0.437. The Morgan fingerprint density at radius 1 is 1.00 bits per heavy atom. The second kappa shape index (κ2) is 9.85. The van der Waals surface area contributed by atoms with Crippen LogP contribution in [-0.2, 0) is 14.3 Å². The van der Waals surface area contributed by atoms with Crippen molar-refractivity contribution in [1.82, 2.24) is 5.32 Å². The maximum absolute atomic E-state index is 12.2. The van der Waals surface area contributed by atoms with E-state index in [1.54, 1.807) is 30.3 Å². The molecule has 26 heavy (non-hydrogen) atoms. The van der Waals surface area contributed by atoms with Gasteiger partial charge in [0.1, 0.15) is 18.9 Å². The van der Waals surface area contributed by atoms with Crippen molar-refractivity contribution in [3.8, 4) is 5.75 Å². The summed E-state index contributed by atoms with van der Waals surface area (Å²) in [6.07, 6.45) is 1.54. The second-order valence-electron chi connectivity index (χ2n) is 5.19. The molecule has 0 saturated heterocycles. The van der Waals surface area contributed by atoms with Gasteiger partial charge in [-0.2, -0.15) is 0 Å². The number of halogens is 2. The van der Waals surface area contributed by atoms with Gasteiger partial charge in [-0.15, -0.1) is 0 Å². The van der Waals surface area contributed by atoms with Gasteiger partial charge in [-0.1, -0.05) is 59.6 Å². The SMILES string of the molecule is CC(=O)N/C(=C/c1ccccc1)C(=O)OCCOc1c(Cl)cccc1Cl. The summed E-state index contributed by atoms with van der Waals surface area (Å²) in [6.45, 7) is 1.34. The highest BCUT2D eigenvalue weighted by Crippen LogP contribution is 2.32. The zero-order valence-electron chi connectivity index (χ0n) is 14.0. The highest BCUT2D eigenvalue weighted by atomic mass is 35.5. The Kier molecular flexibility index (Phi) is 7.51. The summed E-state index contributed by atoms with van der Waals surface area (Å²) in [5.41, 5.74) is 0.798. The van der Waals surface area contributed by atoms with Crippen LogP contribution in [0.25, 0.3) is 6.08 Å². The molecule has 136 valence electrons. The molecule has 0 aliphatic heterocycles. The highest BCUT2D eigenvalue weighted by molar-refractivity contribution is 6.37. The summed E-state index contributed by atoms with van der Waals surface area (Å²) >= 11 is 12.0. The molecule has 7 heteroatoms. The number of hydrogen-bond acceptors (Lipinski definition) is 4. The average molecular weight is 394 g/mol. The molecular formula is C19H17Cl2NO4. The topological polar surface area (TPSA) is 64.6 Å². The van der Waals surface area contributed by atoms with Crippen molar-refractivity contribution in [3.63, 3.8) is 0 Å². The lowest BCUT2D eigenvalue weighted by Crippen LogP contribution is -2.27. The molecule has 0 bridgehead atoms. The molecule has 0 atom stereocenters. The van der Waals surface area contributed by atoms with Crippen molar-refractivity contribution >= 4 is 41.2 Å². The standard InChI is InChI=1S/C19H17Cl2NO4/c1-13(23)22-17(12-14-6-3-2-4-7-14)19(24)26-11-10-25-18-15(20)8-5-9-16(18)21/h2-9,12H,10-11H2,1H3,(H,22,23)/b17-12+. The molecule has 0 aliphatic rings. The first-order valence-corrected chi connectivity index (χ1v) is 8.51. The summed E-state index contributed by atoms with van der Waals surface area (Å²) < 4.78 is 10.6. The molecule has 0 radical (unpaired) electrons. The van der Waals surface area contributed by atoms with E-state index in [0.717, 1.165) is 5.56 Å². The van der Waals surface area contributed by atoms with Gasteiger partial charge in [0, 0.05) is 6.92 Å². The molecule has 0 spiro atoms. The summed E-state index contributed by atoms with van der Waals surface area (Å²) in [5, 5.41) is 3.20. The van der Waals surface area contributed by atoms with Crippen LogP contribution in [0.4, 0.5) is 0 Å². The number of amides is 1. The first-order chi connectivity index (χ1) is 12.5. The van der Waals surface area contributed by atoms with E-state index in [0.29, 0.717) is 15.8 Å². The zero-order chi connectivity index (χ0) is 18.9. The van der Waals surface area contributed by atoms with Crippen LogP contribution in [0, 0.1) is 0 Å². The van der Waals surface area contributed by atoms with Crippen LogP contribution in [0.2, 0.25) is 10.0 Å². The van der Waals surface area contributed by atoms with Crippen molar-refractivity contribution < 1.29 is 19.1 Å². The fraction of sp³-hybridized carbons (Fsp3) is 0.158. The Morgan fingerprint density at radius 2 is 1.65 bits per heavy atom.